The predicted molar refractivity (Wildman–Crippen MR) is 87.9 cm³/mol. The van der Waals surface area contributed by atoms with E-state index in [0.29, 0.717) is 6.54 Å². The number of hydrogen-bond acceptors (Lipinski definition) is 3. The third kappa shape index (κ3) is 3.00. The van der Waals surface area contributed by atoms with Crippen molar-refractivity contribution in [2.24, 2.45) is 0 Å². The molecule has 0 bridgehead atoms. The summed E-state index contributed by atoms with van der Waals surface area (Å²) in [6.45, 7) is 0.502. The number of hydrogen-bond donors (Lipinski definition) is 1. The summed E-state index contributed by atoms with van der Waals surface area (Å²) in [6.07, 6.45) is 0.152. The monoisotopic (exact) mass is 311 g/mol. The van der Waals surface area contributed by atoms with Crippen LogP contribution in [0.5, 0.6) is 0 Å². The van der Waals surface area contributed by atoms with E-state index in [2.05, 4.69) is 6.07 Å². The molecule has 2 aromatic rings. The first kappa shape index (κ1) is 15.7. The van der Waals surface area contributed by atoms with Gasteiger partial charge in [-0.05, 0) is 23.1 Å². The van der Waals surface area contributed by atoms with E-state index in [4.69, 9.17) is 4.74 Å². The van der Waals surface area contributed by atoms with Gasteiger partial charge in [-0.1, -0.05) is 54.6 Å². The Morgan fingerprint density at radius 2 is 1.91 bits per heavy atom. The lowest BCUT2D eigenvalue weighted by Gasteiger charge is -2.38. The minimum Gasteiger partial charge on any atom is -0.394 e. The largest absolute Gasteiger partial charge is 0.394 e. The molecule has 0 fully saturated rings. The second-order valence-corrected chi connectivity index (χ2v) is 5.71. The van der Waals surface area contributed by atoms with Crippen LogP contribution < -0.4 is 0 Å². The van der Waals surface area contributed by atoms with E-state index in [1.54, 1.807) is 12.0 Å². The number of carbonyl (C=O) groups excluding carboxylic acids is 1. The third-order valence-corrected chi connectivity index (χ3v) is 4.43. The van der Waals surface area contributed by atoms with Gasteiger partial charge < -0.3 is 14.7 Å². The molecule has 4 nitrogen and oxygen atoms in total. The van der Waals surface area contributed by atoms with Crippen molar-refractivity contribution in [2.75, 3.05) is 20.3 Å². The molecule has 120 valence electrons. The minimum atomic E-state index is -0.643. The molecule has 3 rings (SSSR count). The zero-order chi connectivity index (χ0) is 16.2. The van der Waals surface area contributed by atoms with Gasteiger partial charge in [0.15, 0.2) is 6.10 Å². The van der Waals surface area contributed by atoms with Crippen LogP contribution in [0, 0.1) is 0 Å². The van der Waals surface area contributed by atoms with Crippen LogP contribution in [0.2, 0.25) is 0 Å². The molecule has 0 aliphatic carbocycles. The number of amides is 1. The third-order valence-electron chi connectivity index (χ3n) is 4.43. The Bertz CT molecular complexity index is 671. The number of aliphatic hydroxyl groups is 1. The Morgan fingerprint density at radius 1 is 1.22 bits per heavy atom. The Morgan fingerprint density at radius 3 is 2.61 bits per heavy atom. The molecule has 2 aromatic carbocycles. The smallest absolute Gasteiger partial charge is 0.256 e. The predicted octanol–water partition coefficient (Wildman–Crippen LogP) is 2.49. The van der Waals surface area contributed by atoms with E-state index in [0.717, 1.165) is 17.5 Å². The van der Waals surface area contributed by atoms with Gasteiger partial charge in [0.2, 0.25) is 0 Å². The highest BCUT2D eigenvalue weighted by molar-refractivity contribution is 5.83. The highest BCUT2D eigenvalue weighted by Gasteiger charge is 2.34. The van der Waals surface area contributed by atoms with Crippen molar-refractivity contribution in [3.8, 4) is 0 Å². The summed E-state index contributed by atoms with van der Waals surface area (Å²) in [5.41, 5.74) is 3.05. The summed E-state index contributed by atoms with van der Waals surface area (Å²) in [5, 5.41) is 9.85. The number of ether oxygens (including phenoxy) is 1. The average Bonchev–Trinajstić information content (AvgIpc) is 2.62. The zero-order valence-corrected chi connectivity index (χ0v) is 13.2. The molecule has 0 spiro atoms. The molecule has 1 heterocycles. The van der Waals surface area contributed by atoms with Gasteiger partial charge in [-0.2, -0.15) is 0 Å². The van der Waals surface area contributed by atoms with Crippen molar-refractivity contribution in [1.82, 2.24) is 4.90 Å². The SMILES string of the molecule is CO[C@H](C(=O)N1CCc2ccccc2[C@@H]1CO)c1ccccc1. The molecule has 1 amide bonds. The van der Waals surface area contributed by atoms with E-state index < -0.39 is 6.10 Å². The van der Waals surface area contributed by atoms with Crippen LogP contribution in [0.3, 0.4) is 0 Å². The van der Waals surface area contributed by atoms with E-state index in [-0.39, 0.29) is 18.6 Å². The maximum absolute atomic E-state index is 13.0. The van der Waals surface area contributed by atoms with Crippen molar-refractivity contribution in [3.05, 3.63) is 71.3 Å². The summed E-state index contributed by atoms with van der Waals surface area (Å²) < 4.78 is 5.46. The molecule has 0 radical (unpaired) electrons. The second kappa shape index (κ2) is 6.94. The van der Waals surface area contributed by atoms with E-state index in [1.807, 2.05) is 48.5 Å². The number of aliphatic hydroxyl groups excluding tert-OH is 1. The van der Waals surface area contributed by atoms with Gasteiger partial charge in [-0.25, -0.2) is 0 Å². The van der Waals surface area contributed by atoms with Crippen LogP contribution in [0.4, 0.5) is 0 Å². The number of carbonyl (C=O) groups is 1. The van der Waals surface area contributed by atoms with Crippen LogP contribution in [-0.2, 0) is 16.0 Å². The second-order valence-electron chi connectivity index (χ2n) is 5.71. The van der Waals surface area contributed by atoms with Gasteiger partial charge in [-0.3, -0.25) is 4.79 Å². The molecule has 0 aromatic heterocycles. The standard InChI is InChI=1S/C19H21NO3/c1-23-18(15-8-3-2-4-9-15)19(22)20-12-11-14-7-5-6-10-16(14)17(20)13-21/h2-10,17-18,21H,11-13H2,1H3/t17-,18-/m0/s1. The quantitative estimate of drug-likeness (QED) is 0.944. The van der Waals surface area contributed by atoms with Crippen molar-refractivity contribution in [3.63, 3.8) is 0 Å². The van der Waals surface area contributed by atoms with Crippen LogP contribution in [0.1, 0.15) is 28.8 Å². The first-order chi connectivity index (χ1) is 11.3. The number of nitrogens with zero attached hydrogens (tertiary/aromatic N) is 1. The van der Waals surface area contributed by atoms with Crippen molar-refractivity contribution >= 4 is 5.91 Å². The minimum absolute atomic E-state index is 0.0893. The Hall–Kier alpha value is -2.17. The summed E-state index contributed by atoms with van der Waals surface area (Å²) in [7, 11) is 1.54. The first-order valence-electron chi connectivity index (χ1n) is 7.83. The van der Waals surface area contributed by atoms with Gasteiger partial charge >= 0.3 is 0 Å². The van der Waals surface area contributed by atoms with E-state index in [9.17, 15) is 9.90 Å². The van der Waals surface area contributed by atoms with Crippen molar-refractivity contribution in [1.29, 1.82) is 0 Å². The zero-order valence-electron chi connectivity index (χ0n) is 13.2. The fourth-order valence-electron chi connectivity index (χ4n) is 3.27. The molecule has 0 saturated heterocycles. The Balaban J connectivity index is 1.90. The van der Waals surface area contributed by atoms with Gasteiger partial charge in [0.1, 0.15) is 0 Å². The summed E-state index contributed by atoms with van der Waals surface area (Å²) >= 11 is 0. The lowest BCUT2D eigenvalue weighted by molar-refractivity contribution is -0.146. The number of methoxy groups -OCH3 is 1. The highest BCUT2D eigenvalue weighted by atomic mass is 16.5. The number of fused-ring (bicyclic) bond motifs is 1. The van der Waals surface area contributed by atoms with Gasteiger partial charge in [0.25, 0.3) is 5.91 Å². The summed E-state index contributed by atoms with van der Waals surface area (Å²) in [6, 6.07) is 17.1. The highest BCUT2D eigenvalue weighted by Crippen LogP contribution is 2.32. The summed E-state index contributed by atoms with van der Waals surface area (Å²) in [4.78, 5) is 14.7. The maximum Gasteiger partial charge on any atom is 0.256 e. The molecule has 0 saturated carbocycles. The van der Waals surface area contributed by atoms with Crippen LogP contribution in [0.25, 0.3) is 0 Å². The average molecular weight is 311 g/mol. The Labute approximate surface area is 136 Å². The van der Waals surface area contributed by atoms with Gasteiger partial charge in [0, 0.05) is 13.7 Å². The maximum atomic E-state index is 13.0. The molecule has 0 unspecified atom stereocenters. The molecular formula is C19H21NO3. The molecule has 1 aliphatic rings. The normalized spacial score (nSPS) is 18.3. The van der Waals surface area contributed by atoms with Crippen LogP contribution >= 0.6 is 0 Å². The lowest BCUT2D eigenvalue weighted by Crippen LogP contribution is -2.44. The van der Waals surface area contributed by atoms with Crippen LogP contribution in [0.15, 0.2) is 54.6 Å². The molecule has 4 heteroatoms. The number of benzene rings is 2. The molecule has 1 N–H and O–H groups in total. The van der Waals surface area contributed by atoms with Crippen LogP contribution in [-0.4, -0.2) is 36.2 Å². The molecule has 2 atom stereocenters. The van der Waals surface area contributed by atoms with E-state index >= 15 is 0 Å². The number of rotatable bonds is 4. The fraction of sp³-hybridized carbons (Fsp3) is 0.316. The van der Waals surface area contributed by atoms with Crippen molar-refractivity contribution in [2.45, 2.75) is 18.6 Å². The van der Waals surface area contributed by atoms with Gasteiger partial charge in [0.05, 0.1) is 12.6 Å². The Kier molecular flexibility index (Phi) is 4.74. The summed E-state index contributed by atoms with van der Waals surface area (Å²) in [5.74, 6) is -0.104. The topological polar surface area (TPSA) is 49.8 Å². The van der Waals surface area contributed by atoms with Gasteiger partial charge in [-0.15, -0.1) is 0 Å². The lowest BCUT2D eigenvalue weighted by atomic mass is 9.92. The molecular weight excluding hydrogens is 290 g/mol. The van der Waals surface area contributed by atoms with E-state index in [1.165, 1.54) is 5.56 Å². The van der Waals surface area contributed by atoms with Crippen molar-refractivity contribution < 1.29 is 14.6 Å². The fourth-order valence-corrected chi connectivity index (χ4v) is 3.27. The molecule has 1 aliphatic heterocycles. The first-order valence-corrected chi connectivity index (χ1v) is 7.83. The molecule has 23 heavy (non-hydrogen) atoms.